The number of nitrogens with zero attached hydrogens (tertiary/aromatic N) is 2. The highest BCUT2D eigenvalue weighted by molar-refractivity contribution is 5.94. The Kier molecular flexibility index (Phi) is 2.11. The maximum absolute atomic E-state index is 5.77. The van der Waals surface area contributed by atoms with E-state index in [4.69, 9.17) is 5.73 Å². The third-order valence-corrected chi connectivity index (χ3v) is 2.91. The second-order valence-electron chi connectivity index (χ2n) is 4.11. The first kappa shape index (κ1) is 9.90. The molecule has 2 N–H and O–H groups in total. The second-order valence-corrected chi connectivity index (χ2v) is 4.11. The Hall–Kier alpha value is -2.29. The van der Waals surface area contributed by atoms with E-state index in [0.29, 0.717) is 0 Å². The van der Waals surface area contributed by atoms with E-state index in [2.05, 4.69) is 17.2 Å². The summed E-state index contributed by atoms with van der Waals surface area (Å²) >= 11 is 0. The molecule has 1 aromatic heterocycles. The van der Waals surface area contributed by atoms with Crippen molar-refractivity contribution in [3.05, 3.63) is 48.5 Å². The molecule has 17 heavy (non-hydrogen) atoms. The zero-order chi connectivity index (χ0) is 11.8. The van der Waals surface area contributed by atoms with E-state index in [9.17, 15) is 0 Å². The first-order valence-electron chi connectivity index (χ1n) is 5.53. The molecule has 0 atom stereocenters. The molecule has 1 heterocycles. The van der Waals surface area contributed by atoms with Gasteiger partial charge in [-0.05, 0) is 18.2 Å². The van der Waals surface area contributed by atoms with Crippen molar-refractivity contribution >= 4 is 16.6 Å². The number of hydrogen-bond donors (Lipinski definition) is 1. The van der Waals surface area contributed by atoms with Crippen LogP contribution in [0, 0.1) is 0 Å². The van der Waals surface area contributed by atoms with Gasteiger partial charge in [0.05, 0.1) is 11.2 Å². The van der Waals surface area contributed by atoms with E-state index < -0.39 is 0 Å². The Labute approximate surface area is 99.5 Å². The van der Waals surface area contributed by atoms with E-state index in [-0.39, 0.29) is 0 Å². The SMILES string of the molecule is Cn1nc2cc(N)ccc2c1-c1ccccc1. The van der Waals surface area contributed by atoms with Crippen LogP contribution in [-0.2, 0) is 7.05 Å². The van der Waals surface area contributed by atoms with E-state index in [1.165, 1.54) is 5.56 Å². The lowest BCUT2D eigenvalue weighted by atomic mass is 10.1. The maximum atomic E-state index is 5.77. The third kappa shape index (κ3) is 1.56. The Morgan fingerprint density at radius 2 is 1.82 bits per heavy atom. The number of benzene rings is 2. The maximum Gasteiger partial charge on any atom is 0.0950 e. The van der Waals surface area contributed by atoms with Gasteiger partial charge in [0.25, 0.3) is 0 Å². The standard InChI is InChI=1S/C14H13N3/c1-17-14(10-5-3-2-4-6-10)12-8-7-11(15)9-13(12)16-17/h2-9H,15H2,1H3. The average molecular weight is 223 g/mol. The number of fused-ring (bicyclic) bond motifs is 1. The fourth-order valence-electron chi connectivity index (χ4n) is 2.16. The van der Waals surface area contributed by atoms with Crippen molar-refractivity contribution in [1.82, 2.24) is 9.78 Å². The molecule has 0 aliphatic heterocycles. The molecular weight excluding hydrogens is 210 g/mol. The molecule has 3 nitrogen and oxygen atoms in total. The molecule has 3 rings (SSSR count). The van der Waals surface area contributed by atoms with Gasteiger partial charge in [-0.2, -0.15) is 5.10 Å². The van der Waals surface area contributed by atoms with E-state index in [0.717, 1.165) is 22.3 Å². The number of nitrogens with two attached hydrogens (primary N) is 1. The first-order chi connectivity index (χ1) is 8.25. The molecule has 3 aromatic rings. The van der Waals surface area contributed by atoms with Gasteiger partial charge in [-0.3, -0.25) is 4.68 Å². The summed E-state index contributed by atoms with van der Waals surface area (Å²) in [5, 5.41) is 5.62. The number of nitrogen functional groups attached to an aromatic ring is 1. The highest BCUT2D eigenvalue weighted by atomic mass is 15.3. The lowest BCUT2D eigenvalue weighted by molar-refractivity contribution is 0.788. The highest BCUT2D eigenvalue weighted by Crippen LogP contribution is 2.28. The summed E-state index contributed by atoms with van der Waals surface area (Å²) in [6.45, 7) is 0. The zero-order valence-electron chi connectivity index (χ0n) is 9.59. The van der Waals surface area contributed by atoms with Gasteiger partial charge in [0.2, 0.25) is 0 Å². The third-order valence-electron chi connectivity index (χ3n) is 2.91. The van der Waals surface area contributed by atoms with Crippen molar-refractivity contribution in [1.29, 1.82) is 0 Å². The number of anilines is 1. The fraction of sp³-hybridized carbons (Fsp3) is 0.0714. The van der Waals surface area contributed by atoms with Gasteiger partial charge in [0.1, 0.15) is 0 Å². The molecule has 0 saturated carbocycles. The summed E-state index contributed by atoms with van der Waals surface area (Å²) in [4.78, 5) is 0. The van der Waals surface area contributed by atoms with Gasteiger partial charge >= 0.3 is 0 Å². The van der Waals surface area contributed by atoms with Crippen LogP contribution >= 0.6 is 0 Å². The van der Waals surface area contributed by atoms with Crippen molar-refractivity contribution < 1.29 is 0 Å². The number of aromatic nitrogens is 2. The van der Waals surface area contributed by atoms with Crippen LogP contribution in [-0.4, -0.2) is 9.78 Å². The molecular formula is C14H13N3. The molecule has 0 radical (unpaired) electrons. The first-order valence-corrected chi connectivity index (χ1v) is 5.53. The van der Waals surface area contributed by atoms with Crippen molar-refractivity contribution in [2.45, 2.75) is 0 Å². The van der Waals surface area contributed by atoms with Gasteiger partial charge < -0.3 is 5.73 Å². The van der Waals surface area contributed by atoms with Crippen molar-refractivity contribution in [2.24, 2.45) is 7.05 Å². The van der Waals surface area contributed by atoms with Gasteiger partial charge in [0, 0.05) is 23.7 Å². The lowest BCUT2D eigenvalue weighted by Crippen LogP contribution is -1.92. The molecule has 2 aromatic carbocycles. The summed E-state index contributed by atoms with van der Waals surface area (Å²) in [6, 6.07) is 16.1. The average Bonchev–Trinajstić information content (AvgIpc) is 2.65. The fourth-order valence-corrected chi connectivity index (χ4v) is 2.16. The highest BCUT2D eigenvalue weighted by Gasteiger charge is 2.10. The monoisotopic (exact) mass is 223 g/mol. The van der Waals surface area contributed by atoms with E-state index in [1.54, 1.807) is 0 Å². The Morgan fingerprint density at radius 1 is 1.06 bits per heavy atom. The van der Waals surface area contributed by atoms with E-state index in [1.807, 2.05) is 48.1 Å². The number of aryl methyl sites for hydroxylation is 1. The quantitative estimate of drug-likeness (QED) is 0.645. The van der Waals surface area contributed by atoms with Crippen molar-refractivity contribution in [3.8, 4) is 11.3 Å². The summed E-state index contributed by atoms with van der Waals surface area (Å²) < 4.78 is 1.90. The lowest BCUT2D eigenvalue weighted by Gasteiger charge is -2.02. The van der Waals surface area contributed by atoms with Crippen LogP contribution < -0.4 is 5.73 Å². The Balaban J connectivity index is 2.33. The topological polar surface area (TPSA) is 43.8 Å². The molecule has 3 heteroatoms. The summed E-state index contributed by atoms with van der Waals surface area (Å²) in [5.74, 6) is 0. The van der Waals surface area contributed by atoms with Crippen LogP contribution in [0.1, 0.15) is 0 Å². The van der Waals surface area contributed by atoms with Crippen molar-refractivity contribution in [2.75, 3.05) is 5.73 Å². The molecule has 0 fully saturated rings. The number of hydrogen-bond acceptors (Lipinski definition) is 2. The summed E-state index contributed by atoms with van der Waals surface area (Å²) in [6.07, 6.45) is 0. The second kappa shape index (κ2) is 3.63. The predicted molar refractivity (Wildman–Crippen MR) is 70.6 cm³/mol. The van der Waals surface area contributed by atoms with Crippen LogP contribution in [0.5, 0.6) is 0 Å². The molecule has 0 aliphatic rings. The Morgan fingerprint density at radius 3 is 2.59 bits per heavy atom. The van der Waals surface area contributed by atoms with Gasteiger partial charge in [-0.1, -0.05) is 30.3 Å². The minimum atomic E-state index is 0.746. The summed E-state index contributed by atoms with van der Waals surface area (Å²) in [5.41, 5.74) is 9.75. The minimum absolute atomic E-state index is 0.746. The normalized spacial score (nSPS) is 10.9. The smallest absolute Gasteiger partial charge is 0.0950 e. The number of rotatable bonds is 1. The van der Waals surface area contributed by atoms with E-state index >= 15 is 0 Å². The largest absolute Gasteiger partial charge is 0.399 e. The minimum Gasteiger partial charge on any atom is -0.399 e. The van der Waals surface area contributed by atoms with Crippen LogP contribution in [0.15, 0.2) is 48.5 Å². The molecule has 84 valence electrons. The van der Waals surface area contributed by atoms with Crippen LogP contribution in [0.25, 0.3) is 22.2 Å². The molecule has 0 bridgehead atoms. The van der Waals surface area contributed by atoms with Gasteiger partial charge in [-0.15, -0.1) is 0 Å². The molecule has 0 spiro atoms. The van der Waals surface area contributed by atoms with Crippen LogP contribution in [0.4, 0.5) is 5.69 Å². The molecule has 0 saturated heterocycles. The predicted octanol–water partition coefficient (Wildman–Crippen LogP) is 2.82. The molecule has 0 aliphatic carbocycles. The van der Waals surface area contributed by atoms with Crippen LogP contribution in [0.3, 0.4) is 0 Å². The zero-order valence-corrected chi connectivity index (χ0v) is 9.59. The molecule has 0 unspecified atom stereocenters. The summed E-state index contributed by atoms with van der Waals surface area (Å²) in [7, 11) is 1.96. The van der Waals surface area contributed by atoms with Crippen LogP contribution in [0.2, 0.25) is 0 Å². The Bertz CT molecular complexity index is 669. The van der Waals surface area contributed by atoms with Gasteiger partial charge in [-0.25, -0.2) is 0 Å². The molecule has 0 amide bonds. The van der Waals surface area contributed by atoms with Crippen molar-refractivity contribution in [3.63, 3.8) is 0 Å². The van der Waals surface area contributed by atoms with Gasteiger partial charge in [0.15, 0.2) is 0 Å².